The fourth-order valence-electron chi connectivity index (χ4n) is 4.28. The molecule has 0 saturated heterocycles. The Morgan fingerprint density at radius 2 is 1.66 bits per heavy atom. The molecule has 194 valence electrons. The Morgan fingerprint density at radius 3 is 2.29 bits per heavy atom. The fraction of sp³-hybridized carbons (Fsp3) is 0.233. The summed E-state index contributed by atoms with van der Waals surface area (Å²) in [5.41, 5.74) is 3.01. The number of nitrogens with one attached hydrogen (secondary N) is 1. The molecule has 0 aliphatic heterocycles. The summed E-state index contributed by atoms with van der Waals surface area (Å²) in [5, 5.41) is 12.1. The molecule has 0 bridgehead atoms. The van der Waals surface area contributed by atoms with Crippen LogP contribution in [0.5, 0.6) is 5.88 Å². The summed E-state index contributed by atoms with van der Waals surface area (Å²) in [4.78, 5) is 21.5. The van der Waals surface area contributed by atoms with E-state index in [1.165, 1.54) is 24.3 Å². The molecule has 1 aliphatic rings. The molecular weight excluding hydrogens is 488 g/mol. The SMILES string of the molecule is CC(O)C(F)(F)c1ccc(CC(=O)Nc2ccc(-c3nccnc3OC3(c4ccccc4)CC3)cc2)cc1. The number of benzene rings is 3. The van der Waals surface area contributed by atoms with Gasteiger partial charge in [-0.1, -0.05) is 66.7 Å². The zero-order valence-electron chi connectivity index (χ0n) is 20.8. The van der Waals surface area contributed by atoms with E-state index < -0.39 is 12.0 Å². The van der Waals surface area contributed by atoms with Crippen molar-refractivity contribution in [3.05, 3.63) is 108 Å². The van der Waals surface area contributed by atoms with Crippen molar-refractivity contribution in [2.24, 2.45) is 0 Å². The number of hydrogen-bond donors (Lipinski definition) is 2. The summed E-state index contributed by atoms with van der Waals surface area (Å²) in [7, 11) is 0. The van der Waals surface area contributed by atoms with E-state index >= 15 is 0 Å². The van der Waals surface area contributed by atoms with Crippen LogP contribution in [0.4, 0.5) is 14.5 Å². The molecule has 4 aromatic rings. The van der Waals surface area contributed by atoms with E-state index in [1.807, 2.05) is 30.3 Å². The summed E-state index contributed by atoms with van der Waals surface area (Å²) in [6.45, 7) is 1.04. The Kier molecular flexibility index (Phi) is 6.91. The van der Waals surface area contributed by atoms with Crippen LogP contribution >= 0.6 is 0 Å². The first-order valence-corrected chi connectivity index (χ1v) is 12.4. The van der Waals surface area contributed by atoms with E-state index in [-0.39, 0.29) is 23.5 Å². The lowest BCUT2D eigenvalue weighted by Gasteiger charge is -2.19. The summed E-state index contributed by atoms with van der Waals surface area (Å²) in [5.74, 6) is -3.18. The van der Waals surface area contributed by atoms with Crippen molar-refractivity contribution in [2.75, 3.05) is 5.32 Å². The Labute approximate surface area is 219 Å². The first kappa shape index (κ1) is 25.5. The number of halogens is 2. The van der Waals surface area contributed by atoms with Crippen LogP contribution in [0.2, 0.25) is 0 Å². The van der Waals surface area contributed by atoms with Gasteiger partial charge < -0.3 is 15.2 Å². The highest BCUT2D eigenvalue weighted by Crippen LogP contribution is 2.50. The third kappa shape index (κ3) is 5.40. The van der Waals surface area contributed by atoms with Gasteiger partial charge in [0.1, 0.15) is 17.4 Å². The van der Waals surface area contributed by atoms with Crippen molar-refractivity contribution in [1.29, 1.82) is 0 Å². The van der Waals surface area contributed by atoms with Crippen LogP contribution in [-0.2, 0) is 22.7 Å². The molecule has 5 rings (SSSR count). The number of carbonyl (C=O) groups is 1. The largest absolute Gasteiger partial charge is 0.465 e. The number of hydrogen-bond acceptors (Lipinski definition) is 5. The van der Waals surface area contributed by atoms with E-state index in [4.69, 9.17) is 4.74 Å². The van der Waals surface area contributed by atoms with E-state index in [2.05, 4.69) is 27.4 Å². The molecular formula is C30H27F2N3O3. The molecule has 0 spiro atoms. The second kappa shape index (κ2) is 10.3. The standard InChI is InChI=1S/C30H27F2N3O3/c1-20(36)30(31,32)24-11-7-21(8-12-24)19-26(37)35-25-13-9-22(10-14-25)27-28(34-18-17-33-27)38-29(15-16-29)23-5-3-2-4-6-23/h2-14,17-18,20,36H,15-16,19H2,1H3,(H,35,37). The lowest BCUT2D eigenvalue weighted by molar-refractivity contribution is -0.115. The minimum atomic E-state index is -3.35. The molecule has 0 radical (unpaired) electrons. The molecule has 1 atom stereocenters. The van der Waals surface area contributed by atoms with Crippen molar-refractivity contribution in [1.82, 2.24) is 9.97 Å². The van der Waals surface area contributed by atoms with Crippen molar-refractivity contribution in [3.8, 4) is 17.1 Å². The maximum Gasteiger partial charge on any atom is 0.298 e. The van der Waals surface area contributed by atoms with Gasteiger partial charge in [-0.3, -0.25) is 4.79 Å². The third-order valence-corrected chi connectivity index (χ3v) is 6.63. The van der Waals surface area contributed by atoms with Crippen LogP contribution in [0.3, 0.4) is 0 Å². The average molecular weight is 516 g/mol. The number of rotatable bonds is 9. The summed E-state index contributed by atoms with van der Waals surface area (Å²) < 4.78 is 34.3. The first-order chi connectivity index (χ1) is 18.3. The second-order valence-corrected chi connectivity index (χ2v) is 9.47. The average Bonchev–Trinajstić information content (AvgIpc) is 3.71. The number of amides is 1. The molecule has 3 aromatic carbocycles. The van der Waals surface area contributed by atoms with Gasteiger partial charge in [-0.15, -0.1) is 0 Å². The molecule has 1 saturated carbocycles. The van der Waals surface area contributed by atoms with Gasteiger partial charge in [-0.05, 0) is 43.0 Å². The fourth-order valence-corrected chi connectivity index (χ4v) is 4.28. The van der Waals surface area contributed by atoms with E-state index in [9.17, 15) is 18.7 Å². The Bertz CT molecular complexity index is 1410. The number of aliphatic hydroxyl groups is 1. The normalized spacial score (nSPS) is 14.9. The van der Waals surface area contributed by atoms with E-state index in [0.29, 0.717) is 22.8 Å². The van der Waals surface area contributed by atoms with Gasteiger partial charge >= 0.3 is 0 Å². The summed E-state index contributed by atoms with van der Waals surface area (Å²) in [6, 6.07) is 22.7. The van der Waals surface area contributed by atoms with Gasteiger partial charge in [0.25, 0.3) is 5.92 Å². The van der Waals surface area contributed by atoms with Gasteiger partial charge in [-0.2, -0.15) is 8.78 Å². The Balaban J connectivity index is 1.24. The Morgan fingerprint density at radius 1 is 1.00 bits per heavy atom. The number of aliphatic hydroxyl groups excluding tert-OH is 1. The van der Waals surface area contributed by atoms with Crippen LogP contribution in [0, 0.1) is 0 Å². The van der Waals surface area contributed by atoms with Crippen LogP contribution in [-0.4, -0.2) is 27.1 Å². The summed E-state index contributed by atoms with van der Waals surface area (Å²) >= 11 is 0. The molecule has 1 amide bonds. The predicted octanol–water partition coefficient (Wildman–Crippen LogP) is 5.87. The Hall–Kier alpha value is -4.17. The number of carbonyl (C=O) groups excluding carboxylic acids is 1. The second-order valence-electron chi connectivity index (χ2n) is 9.47. The van der Waals surface area contributed by atoms with Gasteiger partial charge in [-0.25, -0.2) is 9.97 Å². The molecule has 1 aromatic heterocycles. The molecule has 1 fully saturated rings. The first-order valence-electron chi connectivity index (χ1n) is 12.4. The monoisotopic (exact) mass is 515 g/mol. The van der Waals surface area contributed by atoms with Crippen molar-refractivity contribution in [3.63, 3.8) is 0 Å². The smallest absolute Gasteiger partial charge is 0.298 e. The number of alkyl halides is 2. The zero-order valence-corrected chi connectivity index (χ0v) is 20.8. The predicted molar refractivity (Wildman–Crippen MR) is 140 cm³/mol. The number of ether oxygens (including phenoxy) is 1. The van der Waals surface area contributed by atoms with Crippen LogP contribution in [0.25, 0.3) is 11.3 Å². The quantitative estimate of drug-likeness (QED) is 0.292. The van der Waals surface area contributed by atoms with E-state index in [1.54, 1.807) is 24.5 Å². The highest BCUT2D eigenvalue weighted by Gasteiger charge is 2.48. The van der Waals surface area contributed by atoms with Gasteiger partial charge in [0.15, 0.2) is 0 Å². The van der Waals surface area contributed by atoms with Crippen molar-refractivity contribution < 1.29 is 23.4 Å². The van der Waals surface area contributed by atoms with Gasteiger partial charge in [0.05, 0.1) is 6.42 Å². The number of anilines is 1. The van der Waals surface area contributed by atoms with Crippen LogP contribution < -0.4 is 10.1 Å². The molecule has 2 N–H and O–H groups in total. The minimum Gasteiger partial charge on any atom is -0.465 e. The molecule has 8 heteroatoms. The van der Waals surface area contributed by atoms with Crippen LogP contribution in [0.15, 0.2) is 91.3 Å². The molecule has 38 heavy (non-hydrogen) atoms. The molecule has 6 nitrogen and oxygen atoms in total. The zero-order chi connectivity index (χ0) is 26.8. The van der Waals surface area contributed by atoms with E-state index in [0.717, 1.165) is 30.9 Å². The minimum absolute atomic E-state index is 0.0198. The highest BCUT2D eigenvalue weighted by atomic mass is 19.3. The van der Waals surface area contributed by atoms with Crippen molar-refractivity contribution in [2.45, 2.75) is 43.8 Å². The highest BCUT2D eigenvalue weighted by molar-refractivity contribution is 5.92. The number of nitrogens with zero attached hydrogens (tertiary/aromatic N) is 2. The maximum atomic E-state index is 14.0. The maximum absolute atomic E-state index is 14.0. The number of aromatic nitrogens is 2. The summed E-state index contributed by atoms with van der Waals surface area (Å²) in [6.07, 6.45) is 3.25. The molecule has 1 unspecified atom stereocenters. The van der Waals surface area contributed by atoms with Crippen LogP contribution in [0.1, 0.15) is 36.5 Å². The van der Waals surface area contributed by atoms with Crippen molar-refractivity contribution >= 4 is 11.6 Å². The lowest BCUT2D eigenvalue weighted by Crippen LogP contribution is -2.27. The lowest BCUT2D eigenvalue weighted by atomic mass is 10.0. The topological polar surface area (TPSA) is 84.3 Å². The molecule has 1 aliphatic carbocycles. The van der Waals surface area contributed by atoms with Gasteiger partial charge in [0, 0.05) is 29.2 Å². The van der Waals surface area contributed by atoms with Gasteiger partial charge in [0.2, 0.25) is 11.8 Å². The molecule has 1 heterocycles. The third-order valence-electron chi connectivity index (χ3n) is 6.63.